The Labute approximate surface area is 188 Å². The van der Waals surface area contributed by atoms with Crippen molar-refractivity contribution in [2.45, 2.75) is 32.9 Å². The van der Waals surface area contributed by atoms with Crippen molar-refractivity contribution in [2.75, 3.05) is 5.75 Å². The summed E-state index contributed by atoms with van der Waals surface area (Å²) < 4.78 is 6.11. The lowest BCUT2D eigenvalue weighted by Crippen LogP contribution is -2.39. The third-order valence-corrected chi connectivity index (χ3v) is 6.51. The van der Waals surface area contributed by atoms with E-state index in [0.29, 0.717) is 17.9 Å². The fourth-order valence-corrected chi connectivity index (χ4v) is 4.82. The zero-order chi connectivity index (χ0) is 21.6. The fourth-order valence-electron chi connectivity index (χ4n) is 3.55. The number of amides is 1. The van der Waals surface area contributed by atoms with E-state index in [2.05, 4.69) is 26.0 Å². The van der Waals surface area contributed by atoms with Gasteiger partial charge in [-0.25, -0.2) is 4.99 Å². The number of amidine groups is 1. The van der Waals surface area contributed by atoms with Gasteiger partial charge in [0.25, 0.3) is 5.91 Å². The number of ether oxygens (including phenoxy) is 1. The van der Waals surface area contributed by atoms with Crippen LogP contribution in [0.3, 0.4) is 0 Å². The van der Waals surface area contributed by atoms with Gasteiger partial charge in [0, 0.05) is 11.8 Å². The van der Waals surface area contributed by atoms with E-state index in [4.69, 9.17) is 9.73 Å². The van der Waals surface area contributed by atoms with E-state index in [1.54, 1.807) is 11.8 Å². The molecule has 3 aromatic carbocycles. The van der Waals surface area contributed by atoms with Crippen LogP contribution in [-0.4, -0.2) is 27.8 Å². The highest BCUT2D eigenvalue weighted by atomic mass is 32.2. The van der Waals surface area contributed by atoms with Crippen LogP contribution >= 0.6 is 11.8 Å². The molecule has 0 N–H and O–H groups in total. The summed E-state index contributed by atoms with van der Waals surface area (Å²) in [7, 11) is 0. The molecule has 5 heteroatoms. The molecule has 4 rings (SSSR count). The van der Waals surface area contributed by atoms with Crippen molar-refractivity contribution in [3.8, 4) is 5.75 Å². The van der Waals surface area contributed by atoms with Gasteiger partial charge in [-0.3, -0.25) is 9.69 Å². The molecule has 0 saturated carbocycles. The number of carbonyl (C=O) groups excluding carboxylic acids is 1. The third-order valence-electron chi connectivity index (χ3n) is 5.41. The molecule has 0 aromatic heterocycles. The molecule has 1 heterocycles. The topological polar surface area (TPSA) is 41.9 Å². The highest BCUT2D eigenvalue weighted by Gasteiger charge is 2.35. The Kier molecular flexibility index (Phi) is 6.73. The van der Waals surface area contributed by atoms with E-state index < -0.39 is 0 Å². The highest BCUT2D eigenvalue weighted by Crippen LogP contribution is 2.32. The van der Waals surface area contributed by atoms with Crippen LogP contribution in [-0.2, 0) is 6.61 Å². The lowest BCUT2D eigenvalue weighted by atomic mass is 10.1. The summed E-state index contributed by atoms with van der Waals surface area (Å²) in [5, 5.41) is 0.747. The van der Waals surface area contributed by atoms with Gasteiger partial charge in [-0.05, 0) is 48.7 Å². The molecule has 0 radical (unpaired) electrons. The van der Waals surface area contributed by atoms with Crippen molar-refractivity contribution >= 4 is 28.5 Å². The first-order chi connectivity index (χ1) is 15.2. The molecule has 158 valence electrons. The Balaban J connectivity index is 1.61. The Hall–Kier alpha value is -3.05. The van der Waals surface area contributed by atoms with Gasteiger partial charge < -0.3 is 4.74 Å². The maximum absolute atomic E-state index is 13.7. The number of thioether (sulfide) groups is 1. The van der Waals surface area contributed by atoms with Crippen LogP contribution in [0.15, 0.2) is 83.9 Å². The largest absolute Gasteiger partial charge is 0.488 e. The van der Waals surface area contributed by atoms with E-state index in [1.165, 1.54) is 5.56 Å². The minimum absolute atomic E-state index is 0.0630. The van der Waals surface area contributed by atoms with Gasteiger partial charge in [0.15, 0.2) is 5.17 Å². The van der Waals surface area contributed by atoms with Gasteiger partial charge in [-0.2, -0.15) is 0 Å². The van der Waals surface area contributed by atoms with Crippen molar-refractivity contribution in [1.29, 1.82) is 0 Å². The number of hydrogen-bond donors (Lipinski definition) is 0. The second-order valence-corrected chi connectivity index (χ2v) is 8.48. The van der Waals surface area contributed by atoms with Gasteiger partial charge >= 0.3 is 0 Å². The summed E-state index contributed by atoms with van der Waals surface area (Å²) in [6.07, 6.45) is 0.874. The Morgan fingerprint density at radius 3 is 2.52 bits per heavy atom. The van der Waals surface area contributed by atoms with Gasteiger partial charge in [-0.15, -0.1) is 0 Å². The van der Waals surface area contributed by atoms with Crippen LogP contribution in [0.2, 0.25) is 0 Å². The van der Waals surface area contributed by atoms with E-state index >= 15 is 0 Å². The van der Waals surface area contributed by atoms with Gasteiger partial charge in [-0.1, -0.05) is 73.3 Å². The smallest absolute Gasteiger partial charge is 0.263 e. The van der Waals surface area contributed by atoms with E-state index in [9.17, 15) is 4.79 Å². The number of aliphatic imine (C=N–C) groups is 1. The summed E-state index contributed by atoms with van der Waals surface area (Å²) in [6.45, 7) is 4.60. The minimum Gasteiger partial charge on any atom is -0.488 e. The van der Waals surface area contributed by atoms with Crippen LogP contribution < -0.4 is 4.74 Å². The summed E-state index contributed by atoms with van der Waals surface area (Å²) in [6, 6.07) is 25.5. The monoisotopic (exact) mass is 430 g/mol. The zero-order valence-corrected chi connectivity index (χ0v) is 18.6. The number of hydrogen-bond acceptors (Lipinski definition) is 4. The van der Waals surface area contributed by atoms with E-state index in [-0.39, 0.29) is 11.9 Å². The van der Waals surface area contributed by atoms with Crippen molar-refractivity contribution in [1.82, 2.24) is 4.90 Å². The average Bonchev–Trinajstić information content (AvgIpc) is 3.21. The standard InChI is InChI=1S/C26H26N2O2S/c1-3-22-18-31-26(27-21-13-5-4-6-14-21)28(22)25(29)23-15-9-10-16-24(23)30-17-20-12-8-7-11-19(20)2/h4-16,22H,3,17-18H2,1-2H3. The van der Waals surface area contributed by atoms with Gasteiger partial charge in [0.05, 0.1) is 11.3 Å². The Morgan fingerprint density at radius 1 is 1.03 bits per heavy atom. The summed E-state index contributed by atoms with van der Waals surface area (Å²) in [5.41, 5.74) is 3.70. The molecule has 1 aliphatic rings. The van der Waals surface area contributed by atoms with Gasteiger partial charge in [0.1, 0.15) is 12.4 Å². The average molecular weight is 431 g/mol. The number of para-hydroxylation sites is 2. The first kappa shape index (κ1) is 21.2. The molecule has 1 aliphatic heterocycles. The molecule has 31 heavy (non-hydrogen) atoms. The number of benzene rings is 3. The molecule has 0 bridgehead atoms. The number of nitrogens with zero attached hydrogens (tertiary/aromatic N) is 2. The van der Waals surface area contributed by atoms with Crippen molar-refractivity contribution in [3.63, 3.8) is 0 Å². The summed E-state index contributed by atoms with van der Waals surface area (Å²) in [4.78, 5) is 20.3. The first-order valence-corrected chi connectivity index (χ1v) is 11.5. The molecular weight excluding hydrogens is 404 g/mol. The van der Waals surface area contributed by atoms with E-state index in [0.717, 1.165) is 28.6 Å². The molecule has 1 saturated heterocycles. The third kappa shape index (κ3) is 4.83. The van der Waals surface area contributed by atoms with Crippen LogP contribution in [0.1, 0.15) is 34.8 Å². The maximum Gasteiger partial charge on any atom is 0.263 e. The van der Waals surface area contributed by atoms with Crippen molar-refractivity contribution in [3.05, 3.63) is 95.6 Å². The summed E-state index contributed by atoms with van der Waals surface area (Å²) in [5.74, 6) is 1.38. The molecule has 1 unspecified atom stereocenters. The van der Waals surface area contributed by atoms with Crippen molar-refractivity contribution < 1.29 is 9.53 Å². The molecule has 1 atom stereocenters. The second-order valence-electron chi connectivity index (χ2n) is 7.49. The maximum atomic E-state index is 13.7. The molecule has 0 aliphatic carbocycles. The lowest BCUT2D eigenvalue weighted by molar-refractivity contribution is 0.0814. The number of carbonyl (C=O) groups is 1. The van der Waals surface area contributed by atoms with Crippen LogP contribution in [0.5, 0.6) is 5.75 Å². The second kappa shape index (κ2) is 9.84. The minimum atomic E-state index is -0.0630. The quantitative estimate of drug-likeness (QED) is 0.465. The van der Waals surface area contributed by atoms with E-state index in [1.807, 2.05) is 71.6 Å². The van der Waals surface area contributed by atoms with Crippen LogP contribution in [0.25, 0.3) is 0 Å². The molecule has 1 fully saturated rings. The zero-order valence-electron chi connectivity index (χ0n) is 17.8. The SMILES string of the molecule is CCC1CSC(=Nc2ccccc2)N1C(=O)c1ccccc1OCc1ccccc1C. The predicted molar refractivity (Wildman–Crippen MR) is 128 cm³/mol. The number of aryl methyl sites for hydroxylation is 1. The van der Waals surface area contributed by atoms with Gasteiger partial charge in [0.2, 0.25) is 0 Å². The lowest BCUT2D eigenvalue weighted by Gasteiger charge is -2.24. The molecular formula is C26H26N2O2S. The Morgan fingerprint density at radius 2 is 1.74 bits per heavy atom. The predicted octanol–water partition coefficient (Wildman–Crippen LogP) is 6.23. The Bertz CT molecular complexity index is 1080. The first-order valence-electron chi connectivity index (χ1n) is 10.5. The van der Waals surface area contributed by atoms with Crippen LogP contribution in [0, 0.1) is 6.92 Å². The normalized spacial score (nSPS) is 17.2. The highest BCUT2D eigenvalue weighted by molar-refractivity contribution is 8.14. The number of rotatable bonds is 6. The summed E-state index contributed by atoms with van der Waals surface area (Å²) >= 11 is 1.63. The molecule has 4 nitrogen and oxygen atoms in total. The fraction of sp³-hybridized carbons (Fsp3) is 0.231. The molecule has 0 spiro atoms. The molecule has 1 amide bonds. The van der Waals surface area contributed by atoms with Crippen molar-refractivity contribution in [2.24, 2.45) is 4.99 Å². The van der Waals surface area contributed by atoms with Crippen LogP contribution in [0.4, 0.5) is 5.69 Å². The molecule has 3 aromatic rings.